The summed E-state index contributed by atoms with van der Waals surface area (Å²) in [4.78, 5) is 19.3. The quantitative estimate of drug-likeness (QED) is 0.411. The predicted molar refractivity (Wildman–Crippen MR) is 78.9 cm³/mol. The minimum atomic E-state index is -0.417. The van der Waals surface area contributed by atoms with Gasteiger partial charge in [0.15, 0.2) is 0 Å². The number of amides is 1. The fourth-order valence-electron chi connectivity index (χ4n) is 1.73. The van der Waals surface area contributed by atoms with Crippen molar-refractivity contribution in [3.05, 3.63) is 47.8 Å². The molecule has 1 amide bonds. The highest BCUT2D eigenvalue weighted by molar-refractivity contribution is 5.93. The smallest absolute Gasteiger partial charge is 0.268 e. The molecule has 0 fully saturated rings. The lowest BCUT2D eigenvalue weighted by Gasteiger charge is -2.06. The van der Waals surface area contributed by atoms with Crippen LogP contribution in [-0.2, 0) is 6.42 Å². The van der Waals surface area contributed by atoms with Crippen molar-refractivity contribution in [1.82, 2.24) is 15.4 Å². The molecule has 0 aliphatic rings. The summed E-state index contributed by atoms with van der Waals surface area (Å²) < 4.78 is 5.11. The molecular weight excluding hydrogens is 270 g/mol. The third kappa shape index (κ3) is 4.15. The summed E-state index contributed by atoms with van der Waals surface area (Å²) in [5.74, 6) is 5.92. The summed E-state index contributed by atoms with van der Waals surface area (Å²) in [7, 11) is 1.64. The van der Waals surface area contributed by atoms with E-state index in [1.54, 1.807) is 7.11 Å². The number of hydrogen-bond donors (Lipinski definition) is 3. The van der Waals surface area contributed by atoms with Gasteiger partial charge in [0.05, 0.1) is 12.7 Å². The van der Waals surface area contributed by atoms with Gasteiger partial charge in [-0.1, -0.05) is 12.1 Å². The third-order valence-corrected chi connectivity index (χ3v) is 2.90. The zero-order valence-electron chi connectivity index (χ0n) is 11.7. The van der Waals surface area contributed by atoms with E-state index in [1.807, 2.05) is 29.7 Å². The number of nitrogens with two attached hydrogens (primary N) is 1. The van der Waals surface area contributed by atoms with E-state index < -0.39 is 5.91 Å². The van der Waals surface area contributed by atoms with Crippen LogP contribution in [0.15, 0.2) is 36.7 Å². The van der Waals surface area contributed by atoms with Crippen molar-refractivity contribution >= 4 is 11.9 Å². The molecule has 7 nitrogen and oxygen atoms in total. The number of carbonyl (C=O) groups is 1. The minimum Gasteiger partial charge on any atom is -0.497 e. The molecule has 0 radical (unpaired) electrons. The topological polar surface area (TPSA) is 102 Å². The van der Waals surface area contributed by atoms with E-state index in [9.17, 15) is 4.79 Å². The first kappa shape index (κ1) is 14.7. The molecule has 2 aromatic rings. The van der Waals surface area contributed by atoms with Crippen LogP contribution in [0.5, 0.6) is 5.75 Å². The van der Waals surface area contributed by atoms with Gasteiger partial charge in [0, 0.05) is 18.9 Å². The monoisotopic (exact) mass is 287 g/mol. The lowest BCUT2D eigenvalue weighted by molar-refractivity contribution is 0.0953. The molecule has 1 aromatic carbocycles. The van der Waals surface area contributed by atoms with Crippen molar-refractivity contribution in [1.29, 1.82) is 0 Å². The van der Waals surface area contributed by atoms with Gasteiger partial charge in [-0.2, -0.15) is 0 Å². The second-order valence-corrected chi connectivity index (χ2v) is 4.29. The standard InChI is InChI=1S/C14H17N5O2/c1-21-12-4-2-10(3-5-12)6-7-16-14-17-8-11(9-18-14)13(20)19-15/h2-5,8-9H,6-7,15H2,1H3,(H,19,20)(H,16,17,18). The van der Waals surface area contributed by atoms with Crippen molar-refractivity contribution < 1.29 is 9.53 Å². The molecule has 1 aromatic heterocycles. The van der Waals surface area contributed by atoms with E-state index in [0.717, 1.165) is 12.2 Å². The Labute approximate surface area is 122 Å². The molecular formula is C14H17N5O2. The number of ether oxygens (including phenoxy) is 1. The number of carbonyl (C=O) groups excluding carboxylic acids is 1. The first-order valence-electron chi connectivity index (χ1n) is 6.42. The SMILES string of the molecule is COc1ccc(CCNc2ncc(C(=O)NN)cn2)cc1. The van der Waals surface area contributed by atoms with Gasteiger partial charge in [-0.15, -0.1) is 0 Å². The summed E-state index contributed by atoms with van der Waals surface area (Å²) in [6.07, 6.45) is 3.67. The second-order valence-electron chi connectivity index (χ2n) is 4.29. The molecule has 0 aliphatic heterocycles. The Morgan fingerprint density at radius 3 is 2.48 bits per heavy atom. The number of rotatable bonds is 6. The molecule has 0 saturated carbocycles. The Balaban J connectivity index is 1.83. The lowest BCUT2D eigenvalue weighted by Crippen LogP contribution is -2.30. The number of nitrogen functional groups attached to an aromatic ring is 1. The normalized spacial score (nSPS) is 10.0. The summed E-state index contributed by atoms with van der Waals surface area (Å²) in [6.45, 7) is 0.689. The Kier molecular flexibility index (Phi) is 5.05. The van der Waals surface area contributed by atoms with Crippen molar-refractivity contribution in [3.63, 3.8) is 0 Å². The molecule has 0 spiro atoms. The number of nitrogens with zero attached hydrogens (tertiary/aromatic N) is 2. The van der Waals surface area contributed by atoms with Gasteiger partial charge in [0.2, 0.25) is 5.95 Å². The predicted octanol–water partition coefficient (Wildman–Crippen LogP) is 0.743. The molecule has 0 bridgehead atoms. The number of hydrazine groups is 1. The van der Waals surface area contributed by atoms with Gasteiger partial charge in [-0.05, 0) is 24.1 Å². The molecule has 0 atom stereocenters. The van der Waals surface area contributed by atoms with Gasteiger partial charge in [-0.25, -0.2) is 15.8 Å². The number of methoxy groups -OCH3 is 1. The first-order valence-corrected chi connectivity index (χ1v) is 6.42. The van der Waals surface area contributed by atoms with Gasteiger partial charge in [-0.3, -0.25) is 10.2 Å². The third-order valence-electron chi connectivity index (χ3n) is 2.90. The highest BCUT2D eigenvalue weighted by atomic mass is 16.5. The van der Waals surface area contributed by atoms with E-state index in [2.05, 4.69) is 15.3 Å². The van der Waals surface area contributed by atoms with Gasteiger partial charge < -0.3 is 10.1 Å². The zero-order valence-corrected chi connectivity index (χ0v) is 11.7. The number of nitrogens with one attached hydrogen (secondary N) is 2. The van der Waals surface area contributed by atoms with E-state index >= 15 is 0 Å². The molecule has 1 heterocycles. The van der Waals surface area contributed by atoms with Crippen LogP contribution >= 0.6 is 0 Å². The van der Waals surface area contributed by atoms with E-state index in [4.69, 9.17) is 10.6 Å². The number of hydrogen-bond acceptors (Lipinski definition) is 6. The number of benzene rings is 1. The molecule has 0 unspecified atom stereocenters. The van der Waals surface area contributed by atoms with Crippen molar-refractivity contribution in [3.8, 4) is 5.75 Å². The Morgan fingerprint density at radius 2 is 1.90 bits per heavy atom. The molecule has 4 N–H and O–H groups in total. The maximum atomic E-state index is 11.2. The minimum absolute atomic E-state index is 0.318. The Hall–Kier alpha value is -2.67. The van der Waals surface area contributed by atoms with Crippen LogP contribution in [0.1, 0.15) is 15.9 Å². The van der Waals surface area contributed by atoms with Gasteiger partial charge >= 0.3 is 0 Å². The molecule has 21 heavy (non-hydrogen) atoms. The first-order chi connectivity index (χ1) is 10.2. The molecule has 2 rings (SSSR count). The average Bonchev–Trinajstić information content (AvgIpc) is 2.55. The van der Waals surface area contributed by atoms with Gasteiger partial charge in [0.1, 0.15) is 5.75 Å². The maximum Gasteiger partial charge on any atom is 0.268 e. The van der Waals surface area contributed by atoms with Crippen LogP contribution in [0.3, 0.4) is 0 Å². The van der Waals surface area contributed by atoms with Crippen LogP contribution in [0, 0.1) is 0 Å². The lowest BCUT2D eigenvalue weighted by atomic mass is 10.1. The van der Waals surface area contributed by atoms with E-state index in [-0.39, 0.29) is 0 Å². The van der Waals surface area contributed by atoms with E-state index in [1.165, 1.54) is 18.0 Å². The van der Waals surface area contributed by atoms with Crippen LogP contribution in [0.2, 0.25) is 0 Å². The number of anilines is 1. The van der Waals surface area contributed by atoms with Crippen LogP contribution in [0.4, 0.5) is 5.95 Å². The molecule has 0 saturated heterocycles. The van der Waals surface area contributed by atoms with Crippen LogP contribution in [-0.4, -0.2) is 29.5 Å². The summed E-state index contributed by atoms with van der Waals surface area (Å²) >= 11 is 0. The summed E-state index contributed by atoms with van der Waals surface area (Å²) in [6, 6.07) is 7.87. The Morgan fingerprint density at radius 1 is 1.24 bits per heavy atom. The van der Waals surface area contributed by atoms with Crippen LogP contribution in [0.25, 0.3) is 0 Å². The van der Waals surface area contributed by atoms with Crippen molar-refractivity contribution in [2.24, 2.45) is 5.84 Å². The highest BCUT2D eigenvalue weighted by Gasteiger charge is 2.04. The maximum absolute atomic E-state index is 11.2. The molecule has 0 aliphatic carbocycles. The summed E-state index contributed by atoms with van der Waals surface area (Å²) in [5, 5.41) is 3.09. The Bertz CT molecular complexity index is 583. The molecule has 7 heteroatoms. The second kappa shape index (κ2) is 7.20. The summed E-state index contributed by atoms with van der Waals surface area (Å²) in [5.41, 5.74) is 3.53. The highest BCUT2D eigenvalue weighted by Crippen LogP contribution is 2.11. The van der Waals surface area contributed by atoms with Crippen molar-refractivity contribution in [2.45, 2.75) is 6.42 Å². The average molecular weight is 287 g/mol. The van der Waals surface area contributed by atoms with Crippen molar-refractivity contribution in [2.75, 3.05) is 19.0 Å². The van der Waals surface area contributed by atoms with Gasteiger partial charge in [0.25, 0.3) is 5.91 Å². The van der Waals surface area contributed by atoms with E-state index in [0.29, 0.717) is 18.1 Å². The van der Waals surface area contributed by atoms with Crippen LogP contribution < -0.4 is 21.3 Å². The fourth-order valence-corrected chi connectivity index (χ4v) is 1.73. The largest absolute Gasteiger partial charge is 0.497 e. The fraction of sp³-hybridized carbons (Fsp3) is 0.214. The number of aromatic nitrogens is 2. The zero-order chi connectivity index (χ0) is 15.1. The molecule has 110 valence electrons.